The van der Waals surface area contributed by atoms with Crippen LogP contribution in [-0.4, -0.2) is 45.4 Å². The Morgan fingerprint density at radius 2 is 1.79 bits per heavy atom. The second kappa shape index (κ2) is 11.7. The topological polar surface area (TPSA) is 159 Å². The number of benzene rings is 3. The third-order valence-electron chi connectivity index (χ3n) is 5.91. The average molecular weight is 550 g/mol. The molecule has 0 aliphatic heterocycles. The quantitative estimate of drug-likeness (QED) is 0.171. The van der Waals surface area contributed by atoms with Gasteiger partial charge in [0.2, 0.25) is 5.91 Å². The molecule has 0 radical (unpaired) electrons. The van der Waals surface area contributed by atoms with Crippen LogP contribution in [0.1, 0.15) is 39.6 Å². The lowest BCUT2D eigenvalue weighted by Crippen LogP contribution is -2.26. The van der Waals surface area contributed by atoms with Crippen LogP contribution in [0, 0.1) is 10.1 Å². The number of nitro benzene ring substituents is 1. The third-order valence-corrected chi connectivity index (χ3v) is 6.23. The Balaban J connectivity index is 1.72. The van der Waals surface area contributed by atoms with Gasteiger partial charge in [0.1, 0.15) is 10.8 Å². The molecular formula is C27H24ClN5O6. The molecule has 0 atom stereocenters. The number of fused-ring (bicyclic) bond motifs is 1. The molecule has 2 amide bonds. The fourth-order valence-corrected chi connectivity index (χ4v) is 4.20. The maximum Gasteiger partial charge on any atom is 0.307 e. The largest absolute Gasteiger partial charge is 0.466 e. The van der Waals surface area contributed by atoms with Crippen LogP contribution in [0.5, 0.6) is 0 Å². The highest BCUT2D eigenvalue weighted by Gasteiger charge is 2.20. The summed E-state index contributed by atoms with van der Waals surface area (Å²) in [5, 5.41) is 14.2. The number of nitro groups is 1. The molecule has 0 saturated carbocycles. The lowest BCUT2D eigenvalue weighted by Gasteiger charge is -2.11. The number of carbonyl (C=O) groups excluding carboxylic acids is 3. The van der Waals surface area contributed by atoms with E-state index in [9.17, 15) is 24.5 Å². The fourth-order valence-electron chi connectivity index (χ4n) is 4.01. The second-order valence-corrected chi connectivity index (χ2v) is 8.93. The lowest BCUT2D eigenvalue weighted by atomic mass is 10.1. The monoisotopic (exact) mass is 549 g/mol. The van der Waals surface area contributed by atoms with Gasteiger partial charge in [-0.2, -0.15) is 0 Å². The first-order valence-corrected chi connectivity index (χ1v) is 12.3. The Hall–Kier alpha value is -4.77. The number of nitrogens with two attached hydrogens (primary N) is 1. The molecule has 12 heteroatoms. The molecule has 4 rings (SSSR count). The fraction of sp³-hybridized carbons (Fsp3) is 0.185. The summed E-state index contributed by atoms with van der Waals surface area (Å²) in [5.74, 6) is -0.917. The number of esters is 1. The van der Waals surface area contributed by atoms with Crippen LogP contribution in [0.3, 0.4) is 0 Å². The molecule has 1 heterocycles. The van der Waals surface area contributed by atoms with Gasteiger partial charge < -0.3 is 20.4 Å². The summed E-state index contributed by atoms with van der Waals surface area (Å²) in [6, 6.07) is 16.1. The number of halogens is 1. The highest BCUT2D eigenvalue weighted by molar-refractivity contribution is 6.32. The molecular weight excluding hydrogens is 526 g/mol. The maximum atomic E-state index is 12.7. The van der Waals surface area contributed by atoms with Crippen molar-refractivity contribution >= 4 is 46.1 Å². The van der Waals surface area contributed by atoms with Gasteiger partial charge >= 0.3 is 5.97 Å². The van der Waals surface area contributed by atoms with Crippen molar-refractivity contribution < 1.29 is 24.0 Å². The van der Waals surface area contributed by atoms with Gasteiger partial charge in [-0.3, -0.25) is 24.5 Å². The molecule has 0 spiro atoms. The zero-order chi connectivity index (χ0) is 28.1. The van der Waals surface area contributed by atoms with Gasteiger partial charge in [-0.25, -0.2) is 4.98 Å². The number of nitrogens with one attached hydrogen (secondary N) is 1. The molecule has 0 unspecified atom stereocenters. The Morgan fingerprint density at radius 3 is 2.46 bits per heavy atom. The molecule has 4 aromatic rings. The van der Waals surface area contributed by atoms with E-state index in [1.165, 1.54) is 12.1 Å². The van der Waals surface area contributed by atoms with E-state index in [0.717, 1.165) is 5.56 Å². The molecule has 0 aliphatic carbocycles. The Kier molecular flexibility index (Phi) is 8.21. The summed E-state index contributed by atoms with van der Waals surface area (Å²) >= 11 is 6.02. The van der Waals surface area contributed by atoms with E-state index in [1.807, 2.05) is 4.57 Å². The molecule has 11 nitrogen and oxygen atoms in total. The molecule has 0 fully saturated rings. The number of amides is 2. The van der Waals surface area contributed by atoms with Crippen molar-refractivity contribution in [2.24, 2.45) is 5.73 Å². The van der Waals surface area contributed by atoms with Crippen molar-refractivity contribution in [3.05, 3.63) is 92.5 Å². The highest BCUT2D eigenvalue weighted by atomic mass is 35.5. The molecule has 3 aromatic carbocycles. The first-order valence-electron chi connectivity index (χ1n) is 11.9. The number of hydrogen-bond donors (Lipinski definition) is 2. The number of nitrogens with zero attached hydrogens (tertiary/aromatic N) is 3. The zero-order valence-corrected chi connectivity index (χ0v) is 21.6. The minimum atomic E-state index is -0.569. The summed E-state index contributed by atoms with van der Waals surface area (Å²) in [6.45, 7) is 2.40. The lowest BCUT2D eigenvalue weighted by molar-refractivity contribution is -0.384. The summed E-state index contributed by atoms with van der Waals surface area (Å²) < 4.78 is 6.72. The SMILES string of the molecule is CCOC(=O)CCNC(=O)c1ccc2c(c1)nc(-c1ccc(Cl)c([N+](=O)[O-])c1)n2Cc1ccc(C(N)=O)cc1. The van der Waals surface area contributed by atoms with Gasteiger partial charge in [0, 0.05) is 35.8 Å². The van der Waals surface area contributed by atoms with E-state index >= 15 is 0 Å². The molecule has 0 saturated heterocycles. The van der Waals surface area contributed by atoms with Crippen LogP contribution >= 0.6 is 11.6 Å². The van der Waals surface area contributed by atoms with Crippen molar-refractivity contribution in [2.75, 3.05) is 13.2 Å². The van der Waals surface area contributed by atoms with E-state index in [4.69, 9.17) is 27.1 Å². The van der Waals surface area contributed by atoms with Crippen molar-refractivity contribution in [3.63, 3.8) is 0 Å². The normalized spacial score (nSPS) is 10.8. The van der Waals surface area contributed by atoms with Crippen LogP contribution in [-0.2, 0) is 16.1 Å². The van der Waals surface area contributed by atoms with E-state index in [2.05, 4.69) is 5.32 Å². The highest BCUT2D eigenvalue weighted by Crippen LogP contribution is 2.32. The van der Waals surface area contributed by atoms with Crippen molar-refractivity contribution in [1.29, 1.82) is 0 Å². The van der Waals surface area contributed by atoms with Crippen molar-refractivity contribution in [3.8, 4) is 11.4 Å². The molecule has 200 valence electrons. The first-order chi connectivity index (χ1) is 18.7. The Bertz CT molecular complexity index is 1580. The van der Waals surface area contributed by atoms with E-state index in [0.29, 0.717) is 40.1 Å². The number of rotatable bonds is 10. The van der Waals surface area contributed by atoms with Gasteiger partial charge in [0.25, 0.3) is 11.6 Å². The van der Waals surface area contributed by atoms with Crippen molar-refractivity contribution in [2.45, 2.75) is 19.9 Å². The minimum absolute atomic E-state index is 0.00442. The second-order valence-electron chi connectivity index (χ2n) is 8.52. The van der Waals surface area contributed by atoms with E-state index < -0.39 is 16.8 Å². The van der Waals surface area contributed by atoms with Gasteiger partial charge in [0.05, 0.1) is 29.0 Å². The van der Waals surface area contributed by atoms with E-state index in [-0.39, 0.29) is 36.2 Å². The van der Waals surface area contributed by atoms with Gasteiger partial charge in [-0.05, 0) is 55.0 Å². The smallest absolute Gasteiger partial charge is 0.307 e. The number of hydrogen-bond acceptors (Lipinski definition) is 7. The third kappa shape index (κ3) is 6.21. The summed E-state index contributed by atoms with van der Waals surface area (Å²) in [5.41, 5.74) is 8.21. The number of aromatic nitrogens is 2. The number of imidazole rings is 1. The maximum absolute atomic E-state index is 12.7. The minimum Gasteiger partial charge on any atom is -0.466 e. The van der Waals surface area contributed by atoms with Crippen LogP contribution in [0.4, 0.5) is 5.69 Å². The molecule has 0 bridgehead atoms. The predicted octanol–water partition coefficient (Wildman–Crippen LogP) is 4.10. The van der Waals surface area contributed by atoms with Crippen molar-refractivity contribution in [1.82, 2.24) is 14.9 Å². The van der Waals surface area contributed by atoms with Crippen LogP contribution in [0.2, 0.25) is 5.02 Å². The van der Waals surface area contributed by atoms with Crippen LogP contribution < -0.4 is 11.1 Å². The summed E-state index contributed by atoms with van der Waals surface area (Å²) in [7, 11) is 0. The van der Waals surface area contributed by atoms with E-state index in [1.54, 1.807) is 55.5 Å². The Morgan fingerprint density at radius 1 is 1.08 bits per heavy atom. The molecule has 39 heavy (non-hydrogen) atoms. The van der Waals surface area contributed by atoms with Crippen LogP contribution in [0.15, 0.2) is 60.7 Å². The van der Waals surface area contributed by atoms with Crippen LogP contribution in [0.25, 0.3) is 22.4 Å². The summed E-state index contributed by atoms with van der Waals surface area (Å²) in [4.78, 5) is 51.3. The molecule has 0 aliphatic rings. The predicted molar refractivity (Wildman–Crippen MR) is 144 cm³/mol. The molecule has 3 N–H and O–H groups in total. The number of ether oxygens (including phenoxy) is 1. The Labute approximate surface area is 227 Å². The standard InChI is InChI=1S/C27H24ClN5O6/c1-2-39-24(34)11-12-30-27(36)19-8-10-22-21(13-19)31-26(18-7-9-20(28)23(14-18)33(37)38)32(22)15-16-3-5-17(6-4-16)25(29)35/h3-10,13-14H,2,11-12,15H2,1H3,(H2,29,35)(H,30,36). The van der Waals surface area contributed by atoms with Gasteiger partial charge in [-0.1, -0.05) is 23.7 Å². The number of primary amides is 1. The van der Waals surface area contributed by atoms with Gasteiger partial charge in [0.15, 0.2) is 0 Å². The summed E-state index contributed by atoms with van der Waals surface area (Å²) in [6.07, 6.45) is 0.0461. The zero-order valence-electron chi connectivity index (χ0n) is 20.8. The first kappa shape index (κ1) is 27.3. The average Bonchev–Trinajstić information content (AvgIpc) is 3.26. The number of carbonyl (C=O) groups is 3. The molecule has 1 aromatic heterocycles. The van der Waals surface area contributed by atoms with Gasteiger partial charge in [-0.15, -0.1) is 0 Å².